The molecule has 3 N–H and O–H groups in total. The molecule has 15 heavy (non-hydrogen) atoms. The lowest BCUT2D eigenvalue weighted by Crippen LogP contribution is -2.41. The third-order valence-electron chi connectivity index (χ3n) is 3.42. The molecule has 1 saturated carbocycles. The SMILES string of the molecule is Cc1cc(C2(N)CCC(O)CC2)c(C)o1. The van der Waals surface area contributed by atoms with Crippen molar-refractivity contribution in [1.82, 2.24) is 0 Å². The molecule has 0 saturated heterocycles. The van der Waals surface area contributed by atoms with Gasteiger partial charge in [-0.3, -0.25) is 0 Å². The third-order valence-corrected chi connectivity index (χ3v) is 3.42. The van der Waals surface area contributed by atoms with Crippen molar-refractivity contribution in [1.29, 1.82) is 0 Å². The van der Waals surface area contributed by atoms with E-state index in [0.29, 0.717) is 0 Å². The van der Waals surface area contributed by atoms with Gasteiger partial charge in [-0.25, -0.2) is 0 Å². The van der Waals surface area contributed by atoms with Crippen LogP contribution in [0.4, 0.5) is 0 Å². The second kappa shape index (κ2) is 3.65. The minimum Gasteiger partial charge on any atom is -0.466 e. The summed E-state index contributed by atoms with van der Waals surface area (Å²) in [5, 5.41) is 9.48. The molecule has 84 valence electrons. The van der Waals surface area contributed by atoms with Crippen molar-refractivity contribution in [3.63, 3.8) is 0 Å². The van der Waals surface area contributed by atoms with Crippen molar-refractivity contribution in [2.75, 3.05) is 0 Å². The first-order valence-corrected chi connectivity index (χ1v) is 5.56. The molecule has 0 aliphatic heterocycles. The largest absolute Gasteiger partial charge is 0.466 e. The maximum atomic E-state index is 9.48. The van der Waals surface area contributed by atoms with Crippen LogP contribution >= 0.6 is 0 Å². The van der Waals surface area contributed by atoms with E-state index in [1.54, 1.807) is 0 Å². The van der Waals surface area contributed by atoms with E-state index in [9.17, 15) is 5.11 Å². The van der Waals surface area contributed by atoms with Crippen LogP contribution in [0.25, 0.3) is 0 Å². The summed E-state index contributed by atoms with van der Waals surface area (Å²) in [7, 11) is 0. The highest BCUT2D eigenvalue weighted by Gasteiger charge is 2.35. The molecule has 1 fully saturated rings. The fourth-order valence-electron chi connectivity index (χ4n) is 2.51. The minimum absolute atomic E-state index is 0.171. The van der Waals surface area contributed by atoms with E-state index in [1.807, 2.05) is 19.9 Å². The molecule has 3 nitrogen and oxygen atoms in total. The molecule has 1 aromatic rings. The van der Waals surface area contributed by atoms with Gasteiger partial charge < -0.3 is 15.3 Å². The zero-order valence-electron chi connectivity index (χ0n) is 9.42. The van der Waals surface area contributed by atoms with Crippen LogP contribution in [0.15, 0.2) is 10.5 Å². The Kier molecular flexibility index (Phi) is 2.61. The van der Waals surface area contributed by atoms with E-state index in [-0.39, 0.29) is 11.6 Å². The number of furan rings is 1. The van der Waals surface area contributed by atoms with E-state index in [2.05, 4.69) is 0 Å². The fraction of sp³-hybridized carbons (Fsp3) is 0.667. The Labute approximate surface area is 90.3 Å². The van der Waals surface area contributed by atoms with Crippen molar-refractivity contribution in [2.45, 2.75) is 51.2 Å². The van der Waals surface area contributed by atoms with E-state index < -0.39 is 0 Å². The normalized spacial score (nSPS) is 31.9. The topological polar surface area (TPSA) is 59.4 Å². The van der Waals surface area contributed by atoms with Gasteiger partial charge >= 0.3 is 0 Å². The van der Waals surface area contributed by atoms with Crippen molar-refractivity contribution in [3.05, 3.63) is 23.2 Å². The molecule has 0 amide bonds. The highest BCUT2D eigenvalue weighted by Crippen LogP contribution is 2.37. The van der Waals surface area contributed by atoms with Gasteiger partial charge in [0, 0.05) is 11.1 Å². The Hall–Kier alpha value is -0.800. The lowest BCUT2D eigenvalue weighted by atomic mass is 9.76. The van der Waals surface area contributed by atoms with Crippen molar-refractivity contribution >= 4 is 0 Å². The molecule has 0 unspecified atom stereocenters. The molecule has 1 heterocycles. The summed E-state index contributed by atoms with van der Waals surface area (Å²) in [4.78, 5) is 0. The summed E-state index contributed by atoms with van der Waals surface area (Å²) in [6.45, 7) is 3.90. The molecular weight excluding hydrogens is 190 g/mol. The van der Waals surface area contributed by atoms with Crippen LogP contribution in [-0.4, -0.2) is 11.2 Å². The average molecular weight is 209 g/mol. The molecule has 1 aliphatic carbocycles. The highest BCUT2D eigenvalue weighted by molar-refractivity contribution is 5.29. The van der Waals surface area contributed by atoms with Crippen LogP contribution in [0.2, 0.25) is 0 Å². The molecule has 0 bridgehead atoms. The van der Waals surface area contributed by atoms with Gasteiger partial charge in [0.25, 0.3) is 0 Å². The van der Waals surface area contributed by atoms with Gasteiger partial charge in [-0.1, -0.05) is 0 Å². The van der Waals surface area contributed by atoms with Gasteiger partial charge in [0.15, 0.2) is 0 Å². The molecule has 2 rings (SSSR count). The second-order valence-electron chi connectivity index (χ2n) is 4.71. The summed E-state index contributed by atoms with van der Waals surface area (Å²) in [5.74, 6) is 1.84. The highest BCUT2D eigenvalue weighted by atomic mass is 16.3. The zero-order valence-corrected chi connectivity index (χ0v) is 9.42. The molecule has 0 atom stereocenters. The summed E-state index contributed by atoms with van der Waals surface area (Å²) in [6.07, 6.45) is 3.09. The standard InChI is InChI=1S/C12H19NO2/c1-8-7-11(9(2)15-8)12(13)5-3-10(14)4-6-12/h7,10,14H,3-6,13H2,1-2H3. The van der Waals surface area contributed by atoms with Crippen molar-refractivity contribution < 1.29 is 9.52 Å². The van der Waals surface area contributed by atoms with E-state index in [1.165, 1.54) is 0 Å². The van der Waals surface area contributed by atoms with Gasteiger partial charge in [-0.05, 0) is 45.6 Å². The number of aryl methyl sites for hydroxylation is 2. The van der Waals surface area contributed by atoms with Gasteiger partial charge in [-0.2, -0.15) is 0 Å². The molecule has 3 heteroatoms. The maximum absolute atomic E-state index is 9.48. The van der Waals surface area contributed by atoms with Gasteiger partial charge in [-0.15, -0.1) is 0 Å². The Morgan fingerprint density at radius 1 is 1.40 bits per heavy atom. The van der Waals surface area contributed by atoms with Crippen molar-refractivity contribution in [3.8, 4) is 0 Å². The first kappa shape index (κ1) is 10.7. The lowest BCUT2D eigenvalue weighted by Gasteiger charge is -2.35. The minimum atomic E-state index is -0.291. The maximum Gasteiger partial charge on any atom is 0.106 e. The Bertz CT molecular complexity index is 349. The van der Waals surface area contributed by atoms with Crippen LogP contribution < -0.4 is 5.73 Å². The van der Waals surface area contributed by atoms with Gasteiger partial charge in [0.2, 0.25) is 0 Å². The van der Waals surface area contributed by atoms with Gasteiger partial charge in [0.05, 0.1) is 6.10 Å². The van der Waals surface area contributed by atoms with E-state index in [0.717, 1.165) is 42.8 Å². The molecule has 0 spiro atoms. The summed E-state index contributed by atoms with van der Waals surface area (Å²) >= 11 is 0. The molecular formula is C12H19NO2. The Balaban J connectivity index is 2.25. The van der Waals surface area contributed by atoms with Crippen LogP contribution in [0.3, 0.4) is 0 Å². The number of rotatable bonds is 1. The third kappa shape index (κ3) is 1.94. The number of hydrogen-bond acceptors (Lipinski definition) is 3. The second-order valence-corrected chi connectivity index (χ2v) is 4.71. The Morgan fingerprint density at radius 2 is 2.00 bits per heavy atom. The van der Waals surface area contributed by atoms with Crippen LogP contribution in [0, 0.1) is 13.8 Å². The fourth-order valence-corrected chi connectivity index (χ4v) is 2.51. The van der Waals surface area contributed by atoms with Crippen LogP contribution in [0.5, 0.6) is 0 Å². The predicted molar refractivity (Wildman–Crippen MR) is 58.5 cm³/mol. The smallest absolute Gasteiger partial charge is 0.106 e. The summed E-state index contributed by atoms with van der Waals surface area (Å²) < 4.78 is 5.52. The van der Waals surface area contributed by atoms with Crippen LogP contribution in [-0.2, 0) is 5.54 Å². The Morgan fingerprint density at radius 3 is 2.47 bits per heavy atom. The average Bonchev–Trinajstić information content (AvgIpc) is 2.52. The molecule has 0 aromatic carbocycles. The van der Waals surface area contributed by atoms with E-state index in [4.69, 9.17) is 10.2 Å². The quantitative estimate of drug-likeness (QED) is 0.743. The first-order valence-electron chi connectivity index (χ1n) is 5.56. The summed E-state index contributed by atoms with van der Waals surface area (Å²) in [5.41, 5.74) is 7.21. The van der Waals surface area contributed by atoms with E-state index >= 15 is 0 Å². The first-order chi connectivity index (χ1) is 7.01. The zero-order chi connectivity index (χ0) is 11.1. The molecule has 1 aliphatic rings. The summed E-state index contributed by atoms with van der Waals surface area (Å²) in [6, 6.07) is 2.03. The van der Waals surface area contributed by atoms with Crippen LogP contribution in [0.1, 0.15) is 42.8 Å². The number of hydrogen-bond donors (Lipinski definition) is 2. The molecule has 0 radical (unpaired) electrons. The number of aliphatic hydroxyl groups is 1. The number of nitrogens with two attached hydrogens (primary N) is 1. The van der Waals surface area contributed by atoms with Gasteiger partial charge in [0.1, 0.15) is 11.5 Å². The van der Waals surface area contributed by atoms with Crippen molar-refractivity contribution in [2.24, 2.45) is 5.73 Å². The molecule has 1 aromatic heterocycles. The predicted octanol–water partition coefficient (Wildman–Crippen LogP) is 1.99. The number of aliphatic hydroxyl groups excluding tert-OH is 1. The monoisotopic (exact) mass is 209 g/mol. The lowest BCUT2D eigenvalue weighted by molar-refractivity contribution is 0.0964.